The lowest BCUT2D eigenvalue weighted by atomic mass is 9.96. The zero-order valence-electron chi connectivity index (χ0n) is 11.1. The summed E-state index contributed by atoms with van der Waals surface area (Å²) < 4.78 is 53.5. The second kappa shape index (κ2) is 5.34. The Labute approximate surface area is 116 Å². The highest BCUT2D eigenvalue weighted by atomic mass is 19.4. The lowest BCUT2D eigenvalue weighted by Crippen LogP contribution is -2.33. The Morgan fingerprint density at radius 3 is 2.57 bits per heavy atom. The van der Waals surface area contributed by atoms with Gasteiger partial charge in [0.15, 0.2) is 0 Å². The smallest absolute Gasteiger partial charge is 0.293 e. The molecule has 1 aliphatic carbocycles. The van der Waals surface area contributed by atoms with Gasteiger partial charge in [-0.15, -0.1) is 0 Å². The summed E-state index contributed by atoms with van der Waals surface area (Å²) in [5.74, 6) is -0.887. The van der Waals surface area contributed by atoms with Crippen molar-refractivity contribution in [2.45, 2.75) is 32.5 Å². The van der Waals surface area contributed by atoms with E-state index in [0.29, 0.717) is 0 Å². The van der Waals surface area contributed by atoms with Crippen LogP contribution in [0.2, 0.25) is 0 Å². The van der Waals surface area contributed by atoms with Gasteiger partial charge < -0.3 is 0 Å². The molecule has 1 aromatic rings. The van der Waals surface area contributed by atoms with E-state index in [9.17, 15) is 27.2 Å². The quantitative estimate of drug-likeness (QED) is 0.853. The van der Waals surface area contributed by atoms with Crippen LogP contribution in [0.25, 0.3) is 0 Å². The highest BCUT2D eigenvalue weighted by molar-refractivity contribution is 5.39. The third kappa shape index (κ3) is 3.14. The van der Waals surface area contributed by atoms with Crippen LogP contribution >= 0.6 is 0 Å². The van der Waals surface area contributed by atoms with Gasteiger partial charge >= 0.3 is 11.9 Å². The Bertz CT molecular complexity index is 738. The molecule has 0 fully saturated rings. The van der Waals surface area contributed by atoms with E-state index in [1.807, 2.05) is 4.98 Å². The first-order valence-corrected chi connectivity index (χ1v) is 6.16. The predicted octanol–water partition coefficient (Wildman–Crippen LogP) is 2.35. The van der Waals surface area contributed by atoms with Crippen molar-refractivity contribution in [3.63, 3.8) is 0 Å². The summed E-state index contributed by atoms with van der Waals surface area (Å²) in [5, 5.41) is 0. The minimum Gasteiger partial charge on any atom is -0.293 e. The first-order chi connectivity index (χ1) is 9.70. The van der Waals surface area contributed by atoms with E-state index in [4.69, 9.17) is 0 Å². The lowest BCUT2D eigenvalue weighted by molar-refractivity contribution is -0.0904. The molecule has 0 saturated heterocycles. The maximum Gasteiger partial charge on any atom is 0.416 e. The molecule has 0 atom stereocenters. The zero-order valence-corrected chi connectivity index (χ0v) is 11.1. The number of aryl methyl sites for hydroxylation is 1. The number of aromatic nitrogens is 2. The van der Waals surface area contributed by atoms with Crippen LogP contribution in [0.3, 0.4) is 0 Å². The molecule has 8 heteroatoms. The number of hydrogen-bond acceptors (Lipinski definition) is 2. The van der Waals surface area contributed by atoms with Crippen LogP contribution in [0.1, 0.15) is 18.5 Å². The number of H-pyrrole nitrogens is 1. The maximum absolute atomic E-state index is 13.8. The van der Waals surface area contributed by atoms with Crippen molar-refractivity contribution in [2.75, 3.05) is 0 Å². The summed E-state index contributed by atoms with van der Waals surface area (Å²) in [5.41, 5.74) is -2.99. The number of allylic oxidation sites excluding steroid dienone is 4. The standard InChI is InChI=1S/C13H12F4N2O2/c1-7-5-11(20)18-12(21)19(7)6-8-9(13(15,16)17)3-2-4-10(8)14/h3,5H,2,4,6H2,1H3,(H,18,20,21). The van der Waals surface area contributed by atoms with Crippen molar-refractivity contribution in [1.82, 2.24) is 9.55 Å². The third-order valence-electron chi connectivity index (χ3n) is 3.23. The van der Waals surface area contributed by atoms with E-state index in [1.54, 1.807) is 0 Å². The molecule has 1 aliphatic rings. The minimum atomic E-state index is -4.69. The van der Waals surface area contributed by atoms with E-state index >= 15 is 0 Å². The Hall–Kier alpha value is -2.12. The van der Waals surface area contributed by atoms with Crippen LogP contribution < -0.4 is 11.2 Å². The van der Waals surface area contributed by atoms with E-state index in [-0.39, 0.29) is 18.5 Å². The van der Waals surface area contributed by atoms with Crippen LogP contribution in [0, 0.1) is 6.92 Å². The maximum atomic E-state index is 13.8. The third-order valence-corrected chi connectivity index (χ3v) is 3.23. The van der Waals surface area contributed by atoms with Gasteiger partial charge in [0.2, 0.25) is 0 Å². The van der Waals surface area contributed by atoms with Gasteiger partial charge in [-0.1, -0.05) is 6.08 Å². The van der Waals surface area contributed by atoms with Gasteiger partial charge in [-0.25, -0.2) is 9.18 Å². The molecule has 0 unspecified atom stereocenters. The fraction of sp³-hybridized carbons (Fsp3) is 0.385. The van der Waals surface area contributed by atoms with Crippen molar-refractivity contribution in [1.29, 1.82) is 0 Å². The fourth-order valence-corrected chi connectivity index (χ4v) is 2.21. The van der Waals surface area contributed by atoms with E-state index in [2.05, 4.69) is 0 Å². The molecule has 0 bridgehead atoms. The van der Waals surface area contributed by atoms with Crippen LogP contribution in [0.5, 0.6) is 0 Å². The first kappa shape index (κ1) is 15.3. The van der Waals surface area contributed by atoms with Crippen LogP contribution in [-0.2, 0) is 6.54 Å². The lowest BCUT2D eigenvalue weighted by Gasteiger charge is -2.21. The van der Waals surface area contributed by atoms with E-state index < -0.39 is 40.9 Å². The molecule has 4 nitrogen and oxygen atoms in total. The average Bonchev–Trinajstić information content (AvgIpc) is 2.33. The minimum absolute atomic E-state index is 0.0380. The molecule has 21 heavy (non-hydrogen) atoms. The van der Waals surface area contributed by atoms with Gasteiger partial charge in [0, 0.05) is 23.8 Å². The molecule has 1 heterocycles. The molecule has 0 saturated carbocycles. The number of halogens is 4. The molecule has 0 aromatic carbocycles. The normalized spacial score (nSPS) is 16.1. The highest BCUT2D eigenvalue weighted by Crippen LogP contribution is 2.38. The Balaban J connectivity index is 2.49. The van der Waals surface area contributed by atoms with Gasteiger partial charge in [-0.3, -0.25) is 14.3 Å². The molecule has 0 aliphatic heterocycles. The molecule has 1 aromatic heterocycles. The highest BCUT2D eigenvalue weighted by Gasteiger charge is 2.38. The summed E-state index contributed by atoms with van der Waals surface area (Å²) in [6.07, 6.45) is -3.94. The Morgan fingerprint density at radius 2 is 2.00 bits per heavy atom. The molecule has 0 spiro atoms. The topological polar surface area (TPSA) is 54.9 Å². The van der Waals surface area contributed by atoms with Gasteiger partial charge in [0.1, 0.15) is 5.83 Å². The van der Waals surface area contributed by atoms with Crippen LogP contribution in [0.4, 0.5) is 17.6 Å². The van der Waals surface area contributed by atoms with Gasteiger partial charge in [-0.05, 0) is 13.3 Å². The second-order valence-corrected chi connectivity index (χ2v) is 4.70. The number of hydrogen-bond donors (Lipinski definition) is 1. The Morgan fingerprint density at radius 1 is 1.33 bits per heavy atom. The summed E-state index contributed by atoms with van der Waals surface area (Å²) >= 11 is 0. The molecule has 0 radical (unpaired) electrons. The largest absolute Gasteiger partial charge is 0.416 e. The number of nitrogens with one attached hydrogen (secondary N) is 1. The van der Waals surface area contributed by atoms with E-state index in [0.717, 1.165) is 16.7 Å². The number of rotatable bonds is 2. The van der Waals surface area contributed by atoms with Crippen molar-refractivity contribution in [2.24, 2.45) is 0 Å². The SMILES string of the molecule is Cc1cc(=O)[nH]c(=O)n1CC1=C(F)CCC=C1C(F)(F)F. The van der Waals surface area contributed by atoms with Crippen molar-refractivity contribution < 1.29 is 17.6 Å². The molecule has 1 N–H and O–H groups in total. The molecular formula is C13H12F4N2O2. The van der Waals surface area contributed by atoms with Gasteiger partial charge in [-0.2, -0.15) is 13.2 Å². The van der Waals surface area contributed by atoms with Crippen LogP contribution in [-0.4, -0.2) is 15.7 Å². The van der Waals surface area contributed by atoms with Gasteiger partial charge in [0.25, 0.3) is 5.56 Å². The molecule has 114 valence electrons. The van der Waals surface area contributed by atoms with Crippen molar-refractivity contribution in [3.05, 3.63) is 55.6 Å². The summed E-state index contributed by atoms with van der Waals surface area (Å²) in [7, 11) is 0. The predicted molar refractivity (Wildman–Crippen MR) is 67.6 cm³/mol. The van der Waals surface area contributed by atoms with Crippen LogP contribution in [0.15, 0.2) is 38.7 Å². The molecular weight excluding hydrogens is 292 g/mol. The van der Waals surface area contributed by atoms with Crippen molar-refractivity contribution >= 4 is 0 Å². The van der Waals surface area contributed by atoms with E-state index in [1.165, 1.54) is 6.92 Å². The fourth-order valence-electron chi connectivity index (χ4n) is 2.21. The second-order valence-electron chi connectivity index (χ2n) is 4.70. The summed E-state index contributed by atoms with van der Waals surface area (Å²) in [6, 6.07) is 1.07. The van der Waals surface area contributed by atoms with Crippen molar-refractivity contribution in [3.8, 4) is 0 Å². The van der Waals surface area contributed by atoms with Gasteiger partial charge in [0.05, 0.1) is 12.1 Å². The molecule has 0 amide bonds. The number of alkyl halides is 3. The summed E-state index contributed by atoms with van der Waals surface area (Å²) in [4.78, 5) is 24.7. The molecule has 2 rings (SSSR count). The first-order valence-electron chi connectivity index (χ1n) is 6.16. The number of aromatic amines is 1. The summed E-state index contributed by atoms with van der Waals surface area (Å²) in [6.45, 7) is 0.827. The monoisotopic (exact) mass is 304 g/mol. The number of nitrogens with zero attached hydrogens (tertiary/aromatic N) is 1. The average molecular weight is 304 g/mol. The Kier molecular flexibility index (Phi) is 3.89. The zero-order chi connectivity index (χ0) is 15.8.